The Hall–Kier alpha value is -1.55. The van der Waals surface area contributed by atoms with Crippen molar-refractivity contribution in [1.29, 1.82) is 0 Å². The average molecular weight is 208 g/mol. The van der Waals surface area contributed by atoms with Crippen molar-refractivity contribution in [2.45, 2.75) is 6.54 Å². The number of phenolic OH excluding ortho intramolecular Hbond substituents is 1. The summed E-state index contributed by atoms with van der Waals surface area (Å²) >= 11 is 0. The molecule has 0 fully saturated rings. The van der Waals surface area contributed by atoms with Crippen LogP contribution in [0.25, 0.3) is 0 Å². The summed E-state index contributed by atoms with van der Waals surface area (Å²) in [6, 6.07) is 6.78. The second kappa shape index (κ2) is 5.36. The van der Waals surface area contributed by atoms with Crippen LogP contribution in [0.3, 0.4) is 0 Å². The number of carbonyl (C=O) groups excluding carboxylic acids is 1. The van der Waals surface area contributed by atoms with Gasteiger partial charge in [0.05, 0.1) is 6.54 Å². The third kappa shape index (κ3) is 4.46. The van der Waals surface area contributed by atoms with Crippen molar-refractivity contribution in [3.63, 3.8) is 0 Å². The Labute approximate surface area is 89.5 Å². The van der Waals surface area contributed by atoms with E-state index in [9.17, 15) is 4.79 Å². The van der Waals surface area contributed by atoms with Crippen molar-refractivity contribution >= 4 is 5.91 Å². The highest BCUT2D eigenvalue weighted by atomic mass is 16.3. The zero-order valence-corrected chi connectivity index (χ0v) is 9.03. The summed E-state index contributed by atoms with van der Waals surface area (Å²) in [7, 11) is 3.69. The van der Waals surface area contributed by atoms with Crippen molar-refractivity contribution in [2.24, 2.45) is 0 Å². The smallest absolute Gasteiger partial charge is 0.234 e. The van der Waals surface area contributed by atoms with Gasteiger partial charge in [-0.25, -0.2) is 0 Å². The molecular weight excluding hydrogens is 192 g/mol. The Morgan fingerprint density at radius 2 is 1.93 bits per heavy atom. The van der Waals surface area contributed by atoms with Gasteiger partial charge in [-0.2, -0.15) is 0 Å². The first-order valence-electron chi connectivity index (χ1n) is 4.77. The van der Waals surface area contributed by atoms with Crippen LogP contribution in [0.15, 0.2) is 24.3 Å². The highest BCUT2D eigenvalue weighted by molar-refractivity contribution is 5.77. The highest BCUT2D eigenvalue weighted by Gasteiger charge is 2.02. The standard InChI is InChI=1S/C11H16N2O2/c1-13(2)8-11(15)12-7-9-3-5-10(14)6-4-9/h3-6,14H,7-8H2,1-2H3,(H,12,15). The highest BCUT2D eigenvalue weighted by Crippen LogP contribution is 2.08. The molecule has 1 rings (SSSR count). The first-order valence-corrected chi connectivity index (χ1v) is 4.77. The molecule has 0 aliphatic rings. The van der Waals surface area contributed by atoms with Gasteiger partial charge in [-0.05, 0) is 31.8 Å². The van der Waals surface area contributed by atoms with Gasteiger partial charge in [0.15, 0.2) is 0 Å². The maximum absolute atomic E-state index is 11.3. The van der Waals surface area contributed by atoms with E-state index in [4.69, 9.17) is 5.11 Å². The molecule has 0 unspecified atom stereocenters. The Balaban J connectivity index is 2.37. The third-order valence-electron chi connectivity index (χ3n) is 1.89. The van der Waals surface area contributed by atoms with Gasteiger partial charge in [-0.15, -0.1) is 0 Å². The number of benzene rings is 1. The van der Waals surface area contributed by atoms with Crippen LogP contribution < -0.4 is 5.32 Å². The topological polar surface area (TPSA) is 52.6 Å². The molecule has 2 N–H and O–H groups in total. The molecule has 1 aromatic rings. The van der Waals surface area contributed by atoms with Crippen LogP contribution >= 0.6 is 0 Å². The van der Waals surface area contributed by atoms with E-state index < -0.39 is 0 Å². The van der Waals surface area contributed by atoms with Gasteiger partial charge < -0.3 is 15.3 Å². The number of amides is 1. The van der Waals surface area contributed by atoms with E-state index in [1.807, 2.05) is 19.0 Å². The van der Waals surface area contributed by atoms with Gasteiger partial charge in [0.1, 0.15) is 5.75 Å². The molecule has 0 aromatic heterocycles. The van der Waals surface area contributed by atoms with Crippen molar-refractivity contribution < 1.29 is 9.90 Å². The first kappa shape index (κ1) is 11.5. The molecule has 1 aromatic carbocycles. The lowest BCUT2D eigenvalue weighted by atomic mass is 10.2. The fourth-order valence-electron chi connectivity index (χ4n) is 1.16. The normalized spacial score (nSPS) is 10.3. The molecule has 0 radical (unpaired) electrons. The number of phenols is 1. The molecular formula is C11H16N2O2. The number of nitrogens with one attached hydrogen (secondary N) is 1. The fraction of sp³-hybridized carbons (Fsp3) is 0.364. The SMILES string of the molecule is CN(C)CC(=O)NCc1ccc(O)cc1. The number of carbonyl (C=O) groups is 1. The number of rotatable bonds is 4. The maximum atomic E-state index is 11.3. The summed E-state index contributed by atoms with van der Waals surface area (Å²) in [6.07, 6.45) is 0. The summed E-state index contributed by atoms with van der Waals surface area (Å²) in [6.45, 7) is 0.880. The summed E-state index contributed by atoms with van der Waals surface area (Å²) in [5.74, 6) is 0.228. The van der Waals surface area contributed by atoms with E-state index in [1.165, 1.54) is 0 Å². The number of likely N-dealkylation sites (N-methyl/N-ethyl adjacent to an activating group) is 1. The summed E-state index contributed by atoms with van der Waals surface area (Å²) < 4.78 is 0. The van der Waals surface area contributed by atoms with Crippen molar-refractivity contribution in [2.75, 3.05) is 20.6 Å². The zero-order chi connectivity index (χ0) is 11.3. The minimum Gasteiger partial charge on any atom is -0.508 e. The maximum Gasteiger partial charge on any atom is 0.234 e. The van der Waals surface area contributed by atoms with Gasteiger partial charge in [0, 0.05) is 6.54 Å². The Bertz CT molecular complexity index is 320. The van der Waals surface area contributed by atoms with Gasteiger partial charge >= 0.3 is 0 Å². The molecule has 0 aliphatic carbocycles. The van der Waals surface area contributed by atoms with Gasteiger partial charge in [0.25, 0.3) is 0 Å². The Morgan fingerprint density at radius 3 is 2.47 bits per heavy atom. The van der Waals surface area contributed by atoms with Crippen LogP contribution in [-0.4, -0.2) is 36.6 Å². The van der Waals surface area contributed by atoms with E-state index in [2.05, 4.69) is 5.32 Å². The van der Waals surface area contributed by atoms with Gasteiger partial charge in [-0.1, -0.05) is 12.1 Å². The molecule has 82 valence electrons. The first-order chi connectivity index (χ1) is 7.08. The van der Waals surface area contributed by atoms with Crippen molar-refractivity contribution in [1.82, 2.24) is 10.2 Å². The largest absolute Gasteiger partial charge is 0.508 e. The van der Waals surface area contributed by atoms with E-state index in [0.717, 1.165) is 5.56 Å². The second-order valence-electron chi connectivity index (χ2n) is 3.68. The number of nitrogens with zero attached hydrogens (tertiary/aromatic N) is 1. The van der Waals surface area contributed by atoms with Crippen molar-refractivity contribution in [3.8, 4) is 5.75 Å². The average Bonchev–Trinajstić information content (AvgIpc) is 2.16. The minimum atomic E-state index is -0.00641. The Morgan fingerprint density at radius 1 is 1.33 bits per heavy atom. The van der Waals surface area contributed by atoms with Crippen LogP contribution in [0.5, 0.6) is 5.75 Å². The summed E-state index contributed by atoms with van der Waals surface area (Å²) in [4.78, 5) is 13.1. The predicted molar refractivity (Wildman–Crippen MR) is 58.5 cm³/mol. The van der Waals surface area contributed by atoms with Crippen LogP contribution in [-0.2, 0) is 11.3 Å². The number of hydrogen-bond donors (Lipinski definition) is 2. The molecule has 15 heavy (non-hydrogen) atoms. The van der Waals surface area contributed by atoms with Crippen LogP contribution in [0.4, 0.5) is 0 Å². The molecule has 0 heterocycles. The molecule has 0 saturated carbocycles. The molecule has 4 nitrogen and oxygen atoms in total. The van der Waals surface area contributed by atoms with E-state index in [1.54, 1.807) is 24.3 Å². The van der Waals surface area contributed by atoms with E-state index in [0.29, 0.717) is 13.1 Å². The summed E-state index contributed by atoms with van der Waals surface area (Å²) in [5, 5.41) is 11.8. The molecule has 0 spiro atoms. The Kier molecular flexibility index (Phi) is 4.12. The van der Waals surface area contributed by atoms with Crippen LogP contribution in [0.2, 0.25) is 0 Å². The molecule has 0 saturated heterocycles. The monoisotopic (exact) mass is 208 g/mol. The van der Waals surface area contributed by atoms with Crippen LogP contribution in [0.1, 0.15) is 5.56 Å². The lowest BCUT2D eigenvalue weighted by Gasteiger charge is -2.09. The molecule has 4 heteroatoms. The third-order valence-corrected chi connectivity index (χ3v) is 1.89. The minimum absolute atomic E-state index is 0.00641. The molecule has 1 amide bonds. The van der Waals surface area contributed by atoms with Crippen LogP contribution in [0, 0.1) is 0 Å². The lowest BCUT2D eigenvalue weighted by molar-refractivity contribution is -0.121. The number of hydrogen-bond acceptors (Lipinski definition) is 3. The van der Waals surface area contributed by atoms with E-state index in [-0.39, 0.29) is 11.7 Å². The lowest BCUT2D eigenvalue weighted by Crippen LogP contribution is -2.32. The quantitative estimate of drug-likeness (QED) is 0.760. The predicted octanol–water partition coefficient (Wildman–Crippen LogP) is 0.570. The zero-order valence-electron chi connectivity index (χ0n) is 9.03. The van der Waals surface area contributed by atoms with Gasteiger partial charge in [-0.3, -0.25) is 4.79 Å². The summed E-state index contributed by atoms with van der Waals surface area (Å²) in [5.41, 5.74) is 0.972. The van der Waals surface area contributed by atoms with E-state index >= 15 is 0 Å². The van der Waals surface area contributed by atoms with Gasteiger partial charge in [0.2, 0.25) is 5.91 Å². The van der Waals surface area contributed by atoms with Crippen molar-refractivity contribution in [3.05, 3.63) is 29.8 Å². The molecule has 0 aliphatic heterocycles. The number of aromatic hydroxyl groups is 1. The molecule has 0 bridgehead atoms. The molecule has 0 atom stereocenters. The second-order valence-corrected chi connectivity index (χ2v) is 3.68. The fourth-order valence-corrected chi connectivity index (χ4v) is 1.16.